The number of esters is 3. The van der Waals surface area contributed by atoms with Gasteiger partial charge in [0.05, 0.1) is 0 Å². The first-order valence-electron chi connectivity index (χ1n) is 35.4. The molecule has 0 aromatic heterocycles. The van der Waals surface area contributed by atoms with Gasteiger partial charge in [0.1, 0.15) is 13.2 Å². The molecule has 0 spiro atoms. The van der Waals surface area contributed by atoms with E-state index in [1.54, 1.807) is 0 Å². The number of carbonyl (C=O) groups is 3. The Hall–Kier alpha value is -3.93. The molecule has 0 heterocycles. The number of carbonyl (C=O) groups excluding carboxylic acids is 3. The van der Waals surface area contributed by atoms with E-state index in [-0.39, 0.29) is 31.1 Å². The quantitative estimate of drug-likeness (QED) is 0.0261. The van der Waals surface area contributed by atoms with E-state index in [4.69, 9.17) is 14.2 Å². The third-order valence-electron chi connectivity index (χ3n) is 15.2. The van der Waals surface area contributed by atoms with Crippen LogP contribution in [0.25, 0.3) is 0 Å². The van der Waals surface area contributed by atoms with Crippen molar-refractivity contribution in [3.8, 4) is 0 Å². The molecule has 0 aromatic carbocycles. The lowest BCUT2D eigenvalue weighted by atomic mass is 10.0. The molecule has 476 valence electrons. The smallest absolute Gasteiger partial charge is 0.306 e. The highest BCUT2D eigenvalue weighted by atomic mass is 16.6. The molecule has 0 fully saturated rings. The summed E-state index contributed by atoms with van der Waals surface area (Å²) in [6, 6.07) is 0. The van der Waals surface area contributed by atoms with Crippen LogP contribution in [-0.2, 0) is 28.6 Å². The Labute approximate surface area is 514 Å². The van der Waals surface area contributed by atoms with Crippen molar-refractivity contribution >= 4 is 17.9 Å². The summed E-state index contributed by atoms with van der Waals surface area (Å²) >= 11 is 0. The van der Waals surface area contributed by atoms with Crippen LogP contribution in [0.3, 0.4) is 0 Å². The Morgan fingerprint density at radius 2 is 0.470 bits per heavy atom. The molecular weight excluding hydrogens is 1020 g/mol. The van der Waals surface area contributed by atoms with Crippen molar-refractivity contribution in [3.05, 3.63) is 109 Å². The highest BCUT2D eigenvalue weighted by Gasteiger charge is 2.19. The summed E-state index contributed by atoms with van der Waals surface area (Å²) in [5.41, 5.74) is 0. The standard InChI is InChI=1S/C77H132O6/c1-4-7-10-13-16-19-22-25-28-30-31-32-33-34-35-36-37-38-39-40-41-42-43-44-45-46-47-48-50-52-55-58-61-64-67-70-76(79)82-73-74(72-81-75(78)69-66-63-60-57-54-51-27-24-21-18-15-12-9-6-3)83-77(80)71-68-65-62-59-56-53-49-29-26-23-20-17-14-11-8-5-2/h7,10,16,19,24-25,27-29,31-32,34-35,37-38,40-41,49,74H,4-6,8-9,11-15,17-18,20-23,26,30,33,36,39,42-48,50-73H2,1-3H3/b10-7-,19-16-,27-24-,28-25-,32-31-,35-34-,38-37-,41-40-,49-29-. The number of hydrogen-bond donors (Lipinski definition) is 0. The van der Waals surface area contributed by atoms with Crippen molar-refractivity contribution in [1.82, 2.24) is 0 Å². The molecule has 0 aromatic rings. The third kappa shape index (κ3) is 68.7. The molecule has 0 radical (unpaired) electrons. The van der Waals surface area contributed by atoms with Gasteiger partial charge < -0.3 is 14.2 Å². The van der Waals surface area contributed by atoms with Crippen molar-refractivity contribution in [2.75, 3.05) is 13.2 Å². The van der Waals surface area contributed by atoms with E-state index < -0.39 is 6.10 Å². The predicted molar refractivity (Wildman–Crippen MR) is 362 cm³/mol. The number of hydrogen-bond acceptors (Lipinski definition) is 6. The molecule has 0 saturated heterocycles. The summed E-state index contributed by atoms with van der Waals surface area (Å²) in [6.45, 7) is 6.53. The first-order chi connectivity index (χ1) is 41.0. The first-order valence-corrected chi connectivity index (χ1v) is 35.4. The molecule has 1 unspecified atom stereocenters. The number of rotatable bonds is 64. The van der Waals surface area contributed by atoms with Crippen LogP contribution in [0, 0.1) is 0 Å². The molecular formula is C77H132O6. The summed E-state index contributed by atoms with van der Waals surface area (Å²) in [7, 11) is 0. The van der Waals surface area contributed by atoms with E-state index in [1.807, 2.05) is 0 Å². The molecule has 0 bridgehead atoms. The zero-order valence-corrected chi connectivity index (χ0v) is 54.7. The lowest BCUT2D eigenvalue weighted by molar-refractivity contribution is -0.167. The van der Waals surface area contributed by atoms with Gasteiger partial charge in [0.15, 0.2) is 6.10 Å². The van der Waals surface area contributed by atoms with E-state index in [0.717, 1.165) is 122 Å². The molecule has 1 atom stereocenters. The van der Waals surface area contributed by atoms with Crippen LogP contribution in [0.4, 0.5) is 0 Å². The van der Waals surface area contributed by atoms with Crippen LogP contribution >= 0.6 is 0 Å². The van der Waals surface area contributed by atoms with Gasteiger partial charge in [-0.1, -0.05) is 304 Å². The maximum atomic E-state index is 12.9. The van der Waals surface area contributed by atoms with Gasteiger partial charge in [-0.05, 0) is 128 Å². The van der Waals surface area contributed by atoms with Gasteiger partial charge in [-0.3, -0.25) is 14.4 Å². The highest BCUT2D eigenvalue weighted by molar-refractivity contribution is 5.71. The highest BCUT2D eigenvalue weighted by Crippen LogP contribution is 2.17. The minimum Gasteiger partial charge on any atom is -0.462 e. The van der Waals surface area contributed by atoms with Crippen molar-refractivity contribution in [3.63, 3.8) is 0 Å². The zero-order chi connectivity index (χ0) is 59.9. The van der Waals surface area contributed by atoms with Crippen LogP contribution in [0.2, 0.25) is 0 Å². The van der Waals surface area contributed by atoms with E-state index in [1.165, 1.54) is 180 Å². The van der Waals surface area contributed by atoms with Crippen molar-refractivity contribution in [2.45, 2.75) is 348 Å². The van der Waals surface area contributed by atoms with Gasteiger partial charge >= 0.3 is 17.9 Å². The van der Waals surface area contributed by atoms with Crippen LogP contribution in [0.5, 0.6) is 0 Å². The lowest BCUT2D eigenvalue weighted by Crippen LogP contribution is -2.30. The van der Waals surface area contributed by atoms with Gasteiger partial charge in [0.2, 0.25) is 0 Å². The molecule has 0 aliphatic heterocycles. The molecule has 6 nitrogen and oxygen atoms in total. The molecule has 0 rings (SSSR count). The van der Waals surface area contributed by atoms with E-state index in [2.05, 4.69) is 130 Å². The van der Waals surface area contributed by atoms with Gasteiger partial charge in [0.25, 0.3) is 0 Å². The van der Waals surface area contributed by atoms with Crippen LogP contribution < -0.4 is 0 Å². The average Bonchev–Trinajstić information content (AvgIpc) is 3.49. The summed E-state index contributed by atoms with van der Waals surface area (Å²) in [5, 5.41) is 0. The number of unbranched alkanes of at least 4 members (excludes halogenated alkanes) is 35. The fourth-order valence-corrected chi connectivity index (χ4v) is 9.94. The average molecular weight is 1150 g/mol. The molecule has 0 aliphatic carbocycles. The minimum absolute atomic E-state index is 0.0821. The maximum Gasteiger partial charge on any atom is 0.306 e. The summed E-state index contributed by atoms with van der Waals surface area (Å²) in [4.78, 5) is 38.4. The second-order valence-electron chi connectivity index (χ2n) is 23.4. The minimum atomic E-state index is -0.786. The van der Waals surface area contributed by atoms with Gasteiger partial charge in [-0.15, -0.1) is 0 Å². The first kappa shape index (κ1) is 79.1. The Bertz CT molecular complexity index is 1660. The Morgan fingerprint density at radius 3 is 0.747 bits per heavy atom. The molecule has 0 N–H and O–H groups in total. The summed E-state index contributed by atoms with van der Waals surface area (Å²) in [5.74, 6) is -0.887. The summed E-state index contributed by atoms with van der Waals surface area (Å²) < 4.78 is 16.9. The summed E-state index contributed by atoms with van der Waals surface area (Å²) in [6.07, 6.45) is 96.9. The largest absolute Gasteiger partial charge is 0.462 e. The lowest BCUT2D eigenvalue weighted by Gasteiger charge is -2.18. The van der Waals surface area contributed by atoms with Crippen molar-refractivity contribution in [2.24, 2.45) is 0 Å². The van der Waals surface area contributed by atoms with E-state index >= 15 is 0 Å². The van der Waals surface area contributed by atoms with E-state index in [0.29, 0.717) is 19.3 Å². The molecule has 83 heavy (non-hydrogen) atoms. The SMILES string of the molecule is CC/C=C\C/C=C\C/C=C\C/C=C\C/C=C\C/C=C\C/C=C\CCCCCCCCCCCCCCCC(=O)OCC(COC(=O)CCCCCCC/C=C\CCCCCCC)OC(=O)CCCCCCC/C=C\CCCCCCCCC. The molecule has 0 saturated carbocycles. The second-order valence-corrected chi connectivity index (χ2v) is 23.4. The van der Waals surface area contributed by atoms with Gasteiger partial charge in [0, 0.05) is 19.3 Å². The van der Waals surface area contributed by atoms with Gasteiger partial charge in [-0.25, -0.2) is 0 Å². The second kappa shape index (κ2) is 70.6. The van der Waals surface area contributed by atoms with Crippen molar-refractivity contribution in [1.29, 1.82) is 0 Å². The molecule has 6 heteroatoms. The molecule has 0 aliphatic rings. The Morgan fingerprint density at radius 1 is 0.253 bits per heavy atom. The normalized spacial score (nSPS) is 12.8. The Kier molecular flexibility index (Phi) is 67.2. The fraction of sp³-hybridized carbons (Fsp3) is 0.727. The maximum absolute atomic E-state index is 12.9. The van der Waals surface area contributed by atoms with Crippen LogP contribution in [0.1, 0.15) is 342 Å². The van der Waals surface area contributed by atoms with E-state index in [9.17, 15) is 14.4 Å². The predicted octanol–water partition coefficient (Wildman–Crippen LogP) is 24.6. The third-order valence-corrected chi connectivity index (χ3v) is 15.2. The molecule has 0 amide bonds. The monoisotopic (exact) mass is 1150 g/mol. The number of ether oxygens (including phenoxy) is 3. The van der Waals surface area contributed by atoms with Crippen molar-refractivity contribution < 1.29 is 28.6 Å². The van der Waals surface area contributed by atoms with Crippen LogP contribution in [-0.4, -0.2) is 37.2 Å². The zero-order valence-electron chi connectivity index (χ0n) is 54.7. The van der Waals surface area contributed by atoms with Gasteiger partial charge in [-0.2, -0.15) is 0 Å². The fourth-order valence-electron chi connectivity index (χ4n) is 9.94. The van der Waals surface area contributed by atoms with Crippen LogP contribution in [0.15, 0.2) is 109 Å². The number of allylic oxidation sites excluding steroid dienone is 18. The Balaban J connectivity index is 4.21. The topological polar surface area (TPSA) is 78.9 Å².